The molecule has 0 unspecified atom stereocenters. The highest BCUT2D eigenvalue weighted by molar-refractivity contribution is 5.43. The van der Waals surface area contributed by atoms with E-state index in [0.29, 0.717) is 0 Å². The zero-order chi connectivity index (χ0) is 11.2. The van der Waals surface area contributed by atoms with Crippen molar-refractivity contribution >= 4 is 0 Å². The van der Waals surface area contributed by atoms with Crippen LogP contribution in [0.4, 0.5) is 0 Å². The zero-order valence-corrected chi connectivity index (χ0v) is 9.83. The maximum absolute atomic E-state index is 6.40. The van der Waals surface area contributed by atoms with E-state index in [4.69, 9.17) is 10.5 Å². The van der Waals surface area contributed by atoms with Crippen molar-refractivity contribution in [2.75, 3.05) is 6.61 Å². The van der Waals surface area contributed by atoms with E-state index in [1.54, 1.807) is 0 Å². The Balaban J connectivity index is 1.92. The summed E-state index contributed by atoms with van der Waals surface area (Å²) in [6, 6.07) is 8.51. The van der Waals surface area contributed by atoms with Gasteiger partial charge < -0.3 is 10.5 Å². The summed E-state index contributed by atoms with van der Waals surface area (Å²) in [6.45, 7) is 2.75. The second-order valence-corrected chi connectivity index (χ2v) is 5.20. The molecule has 0 heterocycles. The van der Waals surface area contributed by atoms with Gasteiger partial charge in [0.15, 0.2) is 0 Å². The van der Waals surface area contributed by atoms with E-state index in [9.17, 15) is 0 Å². The van der Waals surface area contributed by atoms with Crippen molar-refractivity contribution in [3.05, 3.63) is 29.8 Å². The summed E-state index contributed by atoms with van der Waals surface area (Å²) >= 11 is 0. The van der Waals surface area contributed by atoms with Crippen molar-refractivity contribution in [3.63, 3.8) is 0 Å². The Kier molecular flexibility index (Phi) is 2.05. The third-order valence-electron chi connectivity index (χ3n) is 4.19. The zero-order valence-electron chi connectivity index (χ0n) is 9.83. The molecule has 2 saturated carbocycles. The molecule has 16 heavy (non-hydrogen) atoms. The van der Waals surface area contributed by atoms with Crippen molar-refractivity contribution in [1.29, 1.82) is 0 Å². The van der Waals surface area contributed by atoms with Crippen LogP contribution >= 0.6 is 0 Å². The first-order valence-corrected chi connectivity index (χ1v) is 6.22. The van der Waals surface area contributed by atoms with Crippen LogP contribution in [0, 0.1) is 0 Å². The molecule has 86 valence electrons. The first kappa shape index (κ1) is 10.2. The highest BCUT2D eigenvalue weighted by Gasteiger charge is 2.64. The molecule has 1 aromatic carbocycles. The Hall–Kier alpha value is -1.02. The smallest absolute Gasteiger partial charge is 0.119 e. The lowest BCUT2D eigenvalue weighted by molar-refractivity contribution is 0.339. The summed E-state index contributed by atoms with van der Waals surface area (Å²) in [5, 5.41) is 0. The number of hydrogen-bond donors (Lipinski definition) is 1. The van der Waals surface area contributed by atoms with Crippen LogP contribution in [0.1, 0.15) is 38.2 Å². The van der Waals surface area contributed by atoms with Gasteiger partial charge in [0.25, 0.3) is 0 Å². The van der Waals surface area contributed by atoms with Gasteiger partial charge in [0.1, 0.15) is 5.75 Å². The second kappa shape index (κ2) is 3.24. The van der Waals surface area contributed by atoms with Gasteiger partial charge >= 0.3 is 0 Å². The van der Waals surface area contributed by atoms with Crippen LogP contribution in [0.3, 0.4) is 0 Å². The van der Waals surface area contributed by atoms with Crippen LogP contribution < -0.4 is 10.5 Å². The summed E-state index contributed by atoms with van der Waals surface area (Å²) in [4.78, 5) is 0. The van der Waals surface area contributed by atoms with Crippen molar-refractivity contribution in [2.24, 2.45) is 5.73 Å². The van der Waals surface area contributed by atoms with Crippen LogP contribution in [0.5, 0.6) is 5.75 Å². The highest BCUT2D eigenvalue weighted by atomic mass is 16.5. The van der Waals surface area contributed by atoms with Crippen LogP contribution in [0.15, 0.2) is 24.3 Å². The predicted octanol–water partition coefficient (Wildman–Crippen LogP) is 2.61. The van der Waals surface area contributed by atoms with Crippen LogP contribution in [0.2, 0.25) is 0 Å². The normalized spacial score (nSPS) is 23.9. The number of rotatable bonds is 4. The molecule has 0 bridgehead atoms. The first-order valence-electron chi connectivity index (χ1n) is 6.22. The van der Waals surface area contributed by atoms with Gasteiger partial charge in [-0.15, -0.1) is 0 Å². The second-order valence-electron chi connectivity index (χ2n) is 5.20. The van der Waals surface area contributed by atoms with Gasteiger partial charge in [0.2, 0.25) is 0 Å². The number of ether oxygens (including phenoxy) is 1. The molecule has 0 aliphatic heterocycles. The molecule has 2 N–H and O–H groups in total. The van der Waals surface area contributed by atoms with E-state index < -0.39 is 0 Å². The van der Waals surface area contributed by atoms with Crippen LogP contribution in [-0.4, -0.2) is 12.1 Å². The molecule has 2 fully saturated rings. The molecule has 0 saturated heterocycles. The Morgan fingerprint density at radius 2 is 2.00 bits per heavy atom. The van der Waals surface area contributed by atoms with Crippen molar-refractivity contribution < 1.29 is 4.74 Å². The number of benzene rings is 1. The fraction of sp³-hybridized carbons (Fsp3) is 0.571. The number of nitrogens with two attached hydrogens (primary N) is 1. The molecule has 0 radical (unpaired) electrons. The third-order valence-corrected chi connectivity index (χ3v) is 4.19. The van der Waals surface area contributed by atoms with Gasteiger partial charge in [-0.05, 0) is 50.3 Å². The quantitative estimate of drug-likeness (QED) is 0.841. The minimum atomic E-state index is 0.0951. The molecule has 2 heteroatoms. The lowest BCUT2D eigenvalue weighted by Gasteiger charge is -2.23. The minimum Gasteiger partial charge on any atom is -0.494 e. The fourth-order valence-corrected chi connectivity index (χ4v) is 2.86. The van der Waals surface area contributed by atoms with Gasteiger partial charge in [-0.2, -0.15) is 0 Å². The van der Waals surface area contributed by atoms with Crippen molar-refractivity contribution in [3.8, 4) is 5.75 Å². The molecule has 0 atom stereocenters. The standard InChI is InChI=1S/C14H19NO/c1-2-16-12-5-3-4-11(10-12)13(6-7-13)14(15)8-9-14/h3-5,10H,2,6-9,15H2,1H3. The highest BCUT2D eigenvalue weighted by Crippen LogP contribution is 2.63. The van der Waals surface area contributed by atoms with Crippen molar-refractivity contribution in [1.82, 2.24) is 0 Å². The molecule has 0 aromatic heterocycles. The molecule has 2 aliphatic carbocycles. The lowest BCUT2D eigenvalue weighted by Crippen LogP contribution is -2.37. The number of hydrogen-bond acceptors (Lipinski definition) is 2. The Bertz CT molecular complexity index is 405. The van der Waals surface area contributed by atoms with Gasteiger partial charge in [0.05, 0.1) is 6.61 Å². The maximum atomic E-state index is 6.40. The molecular weight excluding hydrogens is 198 g/mol. The molecule has 0 spiro atoms. The average Bonchev–Trinajstić information content (AvgIpc) is 3.14. The van der Waals surface area contributed by atoms with Crippen LogP contribution in [-0.2, 0) is 5.41 Å². The first-order chi connectivity index (χ1) is 7.70. The molecule has 0 amide bonds. The SMILES string of the molecule is CCOc1cccc(C2(C3(N)CC3)CC2)c1. The van der Waals surface area contributed by atoms with Gasteiger partial charge in [-0.3, -0.25) is 0 Å². The van der Waals surface area contributed by atoms with E-state index in [1.807, 2.05) is 13.0 Å². The fourth-order valence-electron chi connectivity index (χ4n) is 2.86. The molecule has 2 nitrogen and oxygen atoms in total. The molecule has 1 aromatic rings. The minimum absolute atomic E-state index is 0.0951. The Morgan fingerprint density at radius 3 is 2.56 bits per heavy atom. The topological polar surface area (TPSA) is 35.2 Å². The molecular formula is C14H19NO. The summed E-state index contributed by atoms with van der Waals surface area (Å²) < 4.78 is 5.56. The van der Waals surface area contributed by atoms with E-state index >= 15 is 0 Å². The average molecular weight is 217 g/mol. The largest absolute Gasteiger partial charge is 0.494 e. The van der Waals surface area contributed by atoms with Crippen molar-refractivity contribution in [2.45, 2.75) is 43.6 Å². The van der Waals surface area contributed by atoms with Gasteiger partial charge in [-0.1, -0.05) is 12.1 Å². The Morgan fingerprint density at radius 1 is 1.25 bits per heavy atom. The van der Waals surface area contributed by atoms with E-state index in [1.165, 1.54) is 31.2 Å². The van der Waals surface area contributed by atoms with E-state index in [2.05, 4.69) is 18.2 Å². The summed E-state index contributed by atoms with van der Waals surface area (Å²) in [6.07, 6.45) is 4.87. The van der Waals surface area contributed by atoms with Gasteiger partial charge in [0, 0.05) is 11.0 Å². The van der Waals surface area contributed by atoms with Gasteiger partial charge in [-0.25, -0.2) is 0 Å². The predicted molar refractivity (Wildman–Crippen MR) is 64.7 cm³/mol. The summed E-state index contributed by atoms with van der Waals surface area (Å²) in [5.41, 5.74) is 8.16. The molecule has 2 aliphatic rings. The molecule has 3 rings (SSSR count). The van der Waals surface area contributed by atoms with E-state index in [-0.39, 0.29) is 11.0 Å². The van der Waals surface area contributed by atoms with E-state index in [0.717, 1.165) is 12.4 Å². The summed E-state index contributed by atoms with van der Waals surface area (Å²) in [7, 11) is 0. The lowest BCUT2D eigenvalue weighted by atomic mass is 9.86. The maximum Gasteiger partial charge on any atom is 0.119 e. The monoisotopic (exact) mass is 217 g/mol. The third kappa shape index (κ3) is 1.36. The van der Waals surface area contributed by atoms with Crippen LogP contribution in [0.25, 0.3) is 0 Å². The Labute approximate surface area is 96.8 Å². The summed E-state index contributed by atoms with van der Waals surface area (Å²) in [5.74, 6) is 0.982.